The molecule has 0 bridgehead atoms. The zero-order valence-electron chi connectivity index (χ0n) is 12.1. The van der Waals surface area contributed by atoms with Gasteiger partial charge in [-0.15, -0.1) is 11.6 Å². The topological polar surface area (TPSA) is 17.8 Å². The lowest BCUT2D eigenvalue weighted by Gasteiger charge is -2.21. The van der Waals surface area contributed by atoms with Gasteiger partial charge in [0.15, 0.2) is 0 Å². The number of alkyl halides is 1. The minimum absolute atomic E-state index is 0.178. The predicted molar refractivity (Wildman–Crippen MR) is 88.4 cm³/mol. The summed E-state index contributed by atoms with van der Waals surface area (Å²) in [6.45, 7) is 1.93. The van der Waals surface area contributed by atoms with E-state index in [1.807, 2.05) is 13.0 Å². The van der Waals surface area contributed by atoms with Gasteiger partial charge in [0.05, 0.1) is 20.9 Å². The van der Waals surface area contributed by atoms with Crippen molar-refractivity contribution in [2.45, 2.75) is 56.9 Å². The Kier molecular flexibility index (Phi) is 4.55. The molecule has 114 valence electrons. The molecule has 0 spiro atoms. The summed E-state index contributed by atoms with van der Waals surface area (Å²) in [6.07, 6.45) is 7.38. The van der Waals surface area contributed by atoms with E-state index in [1.54, 1.807) is 0 Å². The Morgan fingerprint density at radius 1 is 1.29 bits per heavy atom. The zero-order valence-corrected chi connectivity index (χ0v) is 14.4. The molecule has 3 rings (SSSR count). The summed E-state index contributed by atoms with van der Waals surface area (Å²) in [5.74, 6) is 0.581. The monoisotopic (exact) mass is 372 g/mol. The van der Waals surface area contributed by atoms with Gasteiger partial charge in [-0.3, -0.25) is 0 Å². The van der Waals surface area contributed by atoms with Crippen LogP contribution in [0, 0.1) is 5.82 Å². The van der Waals surface area contributed by atoms with E-state index >= 15 is 0 Å². The molecule has 1 aliphatic carbocycles. The van der Waals surface area contributed by atoms with Gasteiger partial charge in [-0.2, -0.15) is 0 Å². The van der Waals surface area contributed by atoms with Crippen molar-refractivity contribution in [2.75, 3.05) is 0 Å². The standard InChI is InChI=1S/C16H19BrClFN2/c1-10(18)16-20-14-9-13(19)12(17)8-15(14)21(16)11-6-4-2-3-5-7-11/h8-11H,2-7H2,1H3. The van der Waals surface area contributed by atoms with Gasteiger partial charge in [0, 0.05) is 12.1 Å². The Bertz CT molecular complexity index is 645. The molecule has 1 aliphatic rings. The van der Waals surface area contributed by atoms with E-state index < -0.39 is 0 Å². The maximum absolute atomic E-state index is 13.8. The average Bonchev–Trinajstić information content (AvgIpc) is 2.63. The molecule has 0 amide bonds. The normalized spacial score (nSPS) is 18.9. The summed E-state index contributed by atoms with van der Waals surface area (Å²) in [7, 11) is 0. The third kappa shape index (κ3) is 2.98. The number of hydrogen-bond donors (Lipinski definition) is 0. The molecule has 21 heavy (non-hydrogen) atoms. The van der Waals surface area contributed by atoms with Crippen LogP contribution in [-0.4, -0.2) is 9.55 Å². The summed E-state index contributed by atoms with van der Waals surface area (Å²) in [5, 5.41) is -0.178. The summed E-state index contributed by atoms with van der Waals surface area (Å²) >= 11 is 9.62. The van der Waals surface area contributed by atoms with Crippen molar-refractivity contribution in [2.24, 2.45) is 0 Å². The van der Waals surface area contributed by atoms with Crippen LogP contribution in [0.4, 0.5) is 4.39 Å². The SMILES string of the molecule is CC(Cl)c1nc2cc(F)c(Br)cc2n1C1CCCCCC1. The number of aromatic nitrogens is 2. The second-order valence-corrected chi connectivity index (χ2v) is 7.37. The van der Waals surface area contributed by atoms with Gasteiger partial charge in [-0.05, 0) is 41.8 Å². The number of hydrogen-bond acceptors (Lipinski definition) is 1. The highest BCUT2D eigenvalue weighted by atomic mass is 79.9. The van der Waals surface area contributed by atoms with Crippen molar-refractivity contribution in [1.82, 2.24) is 9.55 Å². The maximum atomic E-state index is 13.8. The Morgan fingerprint density at radius 3 is 2.57 bits per heavy atom. The lowest BCUT2D eigenvalue weighted by molar-refractivity contribution is 0.440. The smallest absolute Gasteiger partial charge is 0.139 e. The summed E-state index contributed by atoms with van der Waals surface area (Å²) in [4.78, 5) is 4.59. The first-order valence-electron chi connectivity index (χ1n) is 7.59. The summed E-state index contributed by atoms with van der Waals surface area (Å²) in [5.41, 5.74) is 1.68. The van der Waals surface area contributed by atoms with Crippen molar-refractivity contribution in [3.05, 3.63) is 28.2 Å². The van der Waals surface area contributed by atoms with Gasteiger partial charge in [0.1, 0.15) is 11.6 Å². The third-order valence-corrected chi connectivity index (χ3v) is 5.11. The molecule has 2 aromatic rings. The largest absolute Gasteiger partial charge is 0.324 e. The Hall–Kier alpha value is -0.610. The minimum Gasteiger partial charge on any atom is -0.324 e. The van der Waals surface area contributed by atoms with Gasteiger partial charge >= 0.3 is 0 Å². The van der Waals surface area contributed by atoms with Crippen molar-refractivity contribution in [3.63, 3.8) is 0 Å². The second-order valence-electron chi connectivity index (χ2n) is 5.86. The molecule has 1 atom stereocenters. The predicted octanol–water partition coefficient (Wildman–Crippen LogP) is 6.13. The molecule has 0 aliphatic heterocycles. The molecule has 5 heteroatoms. The first kappa shape index (κ1) is 15.3. The van der Waals surface area contributed by atoms with E-state index in [9.17, 15) is 4.39 Å². The lowest BCUT2D eigenvalue weighted by atomic mass is 10.1. The van der Waals surface area contributed by atoms with Gasteiger partial charge in [0.2, 0.25) is 0 Å². The summed E-state index contributed by atoms with van der Waals surface area (Å²) in [6, 6.07) is 3.76. The number of halogens is 3. The molecule has 1 saturated carbocycles. The molecule has 1 unspecified atom stereocenters. The van der Waals surface area contributed by atoms with Crippen LogP contribution in [-0.2, 0) is 0 Å². The molecule has 2 nitrogen and oxygen atoms in total. The molecule has 0 N–H and O–H groups in total. The number of fused-ring (bicyclic) bond motifs is 1. The molecular weight excluding hydrogens is 355 g/mol. The zero-order chi connectivity index (χ0) is 15.0. The Morgan fingerprint density at radius 2 is 1.95 bits per heavy atom. The van der Waals surface area contributed by atoms with Crippen LogP contribution in [0.1, 0.15) is 62.7 Å². The molecule has 1 heterocycles. The van der Waals surface area contributed by atoms with Crippen molar-refractivity contribution < 1.29 is 4.39 Å². The third-order valence-electron chi connectivity index (χ3n) is 4.30. The van der Waals surface area contributed by atoms with Crippen LogP contribution in [0.25, 0.3) is 11.0 Å². The number of nitrogens with zero attached hydrogens (tertiary/aromatic N) is 2. The van der Waals surface area contributed by atoms with E-state index in [1.165, 1.54) is 31.7 Å². The van der Waals surface area contributed by atoms with Crippen LogP contribution in [0.3, 0.4) is 0 Å². The van der Waals surface area contributed by atoms with Crippen LogP contribution in [0.2, 0.25) is 0 Å². The van der Waals surface area contributed by atoms with Gasteiger partial charge in [-0.25, -0.2) is 9.37 Å². The van der Waals surface area contributed by atoms with Crippen LogP contribution in [0.5, 0.6) is 0 Å². The van der Waals surface area contributed by atoms with E-state index in [2.05, 4.69) is 25.5 Å². The quantitative estimate of drug-likeness (QED) is 0.457. The fourth-order valence-corrected chi connectivity index (χ4v) is 3.77. The molecule has 1 fully saturated rings. The van der Waals surface area contributed by atoms with Crippen molar-refractivity contribution in [1.29, 1.82) is 0 Å². The highest BCUT2D eigenvalue weighted by molar-refractivity contribution is 9.10. The van der Waals surface area contributed by atoms with E-state index in [-0.39, 0.29) is 11.2 Å². The first-order chi connectivity index (χ1) is 10.1. The lowest BCUT2D eigenvalue weighted by Crippen LogP contribution is -2.12. The van der Waals surface area contributed by atoms with E-state index in [4.69, 9.17) is 11.6 Å². The number of benzene rings is 1. The van der Waals surface area contributed by atoms with Crippen LogP contribution in [0.15, 0.2) is 16.6 Å². The fraction of sp³-hybridized carbons (Fsp3) is 0.562. The van der Waals surface area contributed by atoms with E-state index in [0.717, 1.165) is 24.2 Å². The van der Waals surface area contributed by atoms with Gasteiger partial charge in [0.25, 0.3) is 0 Å². The van der Waals surface area contributed by atoms with Gasteiger partial charge in [-0.1, -0.05) is 25.7 Å². The molecule has 1 aromatic carbocycles. The number of imidazole rings is 1. The van der Waals surface area contributed by atoms with Gasteiger partial charge < -0.3 is 4.57 Å². The Labute approximate surface area is 137 Å². The Balaban J connectivity index is 2.17. The van der Waals surface area contributed by atoms with Crippen LogP contribution < -0.4 is 0 Å². The van der Waals surface area contributed by atoms with Crippen LogP contribution >= 0.6 is 27.5 Å². The molecular formula is C16H19BrClFN2. The van der Waals surface area contributed by atoms with Crippen molar-refractivity contribution in [3.8, 4) is 0 Å². The minimum atomic E-state index is -0.276. The molecule has 1 aromatic heterocycles. The molecule has 0 radical (unpaired) electrons. The highest BCUT2D eigenvalue weighted by Gasteiger charge is 2.23. The number of rotatable bonds is 2. The fourth-order valence-electron chi connectivity index (χ4n) is 3.29. The molecule has 0 saturated heterocycles. The average molecular weight is 374 g/mol. The van der Waals surface area contributed by atoms with E-state index in [0.29, 0.717) is 16.0 Å². The van der Waals surface area contributed by atoms with Crippen molar-refractivity contribution >= 4 is 38.6 Å². The highest BCUT2D eigenvalue weighted by Crippen LogP contribution is 2.36. The summed E-state index contributed by atoms with van der Waals surface area (Å²) < 4.78 is 16.5. The second kappa shape index (κ2) is 6.25. The maximum Gasteiger partial charge on any atom is 0.139 e. The first-order valence-corrected chi connectivity index (χ1v) is 8.82.